The molecular formula is C20H25N3O4. The first-order valence-corrected chi connectivity index (χ1v) is 8.93. The third-order valence-corrected chi connectivity index (χ3v) is 4.83. The molecule has 7 heteroatoms. The van der Waals surface area contributed by atoms with Crippen molar-refractivity contribution in [1.29, 1.82) is 0 Å². The molecule has 0 spiro atoms. The normalized spacial score (nSPS) is 14.9. The summed E-state index contributed by atoms with van der Waals surface area (Å²) in [4.78, 5) is 31.0. The molecule has 0 unspecified atom stereocenters. The highest BCUT2D eigenvalue weighted by atomic mass is 16.5. The van der Waals surface area contributed by atoms with Gasteiger partial charge in [-0.2, -0.15) is 0 Å². The van der Waals surface area contributed by atoms with Gasteiger partial charge in [0.1, 0.15) is 5.69 Å². The third kappa shape index (κ3) is 4.31. The lowest BCUT2D eigenvalue weighted by atomic mass is 10.1. The molecule has 0 saturated carbocycles. The van der Waals surface area contributed by atoms with Gasteiger partial charge in [-0.3, -0.25) is 14.5 Å². The number of aromatic amines is 1. The lowest BCUT2D eigenvalue weighted by Crippen LogP contribution is -2.48. The molecule has 1 aromatic carbocycles. The summed E-state index contributed by atoms with van der Waals surface area (Å²) in [5, 5.41) is 0. The van der Waals surface area contributed by atoms with Crippen LogP contribution < -0.4 is 9.47 Å². The van der Waals surface area contributed by atoms with Crippen molar-refractivity contribution in [3.63, 3.8) is 0 Å². The maximum atomic E-state index is 12.6. The minimum absolute atomic E-state index is 0.0509. The Balaban J connectivity index is 1.57. The molecule has 0 atom stereocenters. The van der Waals surface area contributed by atoms with E-state index < -0.39 is 0 Å². The van der Waals surface area contributed by atoms with Crippen LogP contribution in [0.25, 0.3) is 0 Å². The molecule has 1 saturated heterocycles. The van der Waals surface area contributed by atoms with Crippen LogP contribution in [0.4, 0.5) is 0 Å². The van der Waals surface area contributed by atoms with Crippen molar-refractivity contribution in [3.05, 3.63) is 47.3 Å². The summed E-state index contributed by atoms with van der Waals surface area (Å²) in [6.45, 7) is 5.17. The number of ether oxygens (including phenoxy) is 2. The monoisotopic (exact) mass is 371 g/mol. The van der Waals surface area contributed by atoms with Gasteiger partial charge in [0.2, 0.25) is 0 Å². The zero-order valence-electron chi connectivity index (χ0n) is 15.9. The fourth-order valence-electron chi connectivity index (χ4n) is 3.24. The quantitative estimate of drug-likeness (QED) is 0.788. The largest absolute Gasteiger partial charge is 0.493 e. The molecule has 1 amide bonds. The number of carbonyl (C=O) groups is 2. The fourth-order valence-corrected chi connectivity index (χ4v) is 3.24. The number of ketones is 1. The van der Waals surface area contributed by atoms with Gasteiger partial charge in [0.15, 0.2) is 17.3 Å². The zero-order valence-corrected chi connectivity index (χ0v) is 15.9. The van der Waals surface area contributed by atoms with Crippen molar-refractivity contribution in [3.8, 4) is 11.5 Å². The molecule has 0 bridgehead atoms. The Morgan fingerprint density at radius 2 is 1.74 bits per heavy atom. The molecule has 3 rings (SSSR count). The van der Waals surface area contributed by atoms with Gasteiger partial charge >= 0.3 is 0 Å². The van der Waals surface area contributed by atoms with Crippen LogP contribution in [0.2, 0.25) is 0 Å². The molecule has 7 nitrogen and oxygen atoms in total. The molecule has 0 radical (unpaired) electrons. The highest BCUT2D eigenvalue weighted by Gasteiger charge is 2.23. The van der Waals surface area contributed by atoms with Crippen LogP contribution in [0.3, 0.4) is 0 Å². The van der Waals surface area contributed by atoms with E-state index in [1.165, 1.54) is 6.92 Å². The molecule has 2 heterocycles. The highest BCUT2D eigenvalue weighted by molar-refractivity contribution is 5.99. The van der Waals surface area contributed by atoms with Crippen LogP contribution in [0, 0.1) is 0 Å². The number of rotatable bonds is 6. The van der Waals surface area contributed by atoms with Crippen LogP contribution in [-0.4, -0.2) is 66.9 Å². The average molecular weight is 371 g/mol. The Bertz CT molecular complexity index is 822. The SMILES string of the molecule is COc1ccc(CN2CCN(C(=O)c3cc(C(C)=O)c[nH]3)CC2)cc1OC. The predicted octanol–water partition coefficient (Wildman–Crippen LogP) is 2.19. The summed E-state index contributed by atoms with van der Waals surface area (Å²) in [6.07, 6.45) is 1.59. The number of H-pyrrole nitrogens is 1. The smallest absolute Gasteiger partial charge is 0.270 e. The van der Waals surface area contributed by atoms with Gasteiger partial charge in [-0.05, 0) is 30.7 Å². The molecule has 1 fully saturated rings. The Morgan fingerprint density at radius 3 is 2.33 bits per heavy atom. The minimum atomic E-state index is -0.0618. The number of Topliss-reactive ketones (excluding diaryl/α,β-unsaturated/α-hetero) is 1. The minimum Gasteiger partial charge on any atom is -0.493 e. The van der Waals surface area contributed by atoms with E-state index in [1.54, 1.807) is 26.5 Å². The van der Waals surface area contributed by atoms with E-state index in [0.29, 0.717) is 30.1 Å². The van der Waals surface area contributed by atoms with Gasteiger partial charge in [-0.15, -0.1) is 0 Å². The number of nitrogens with one attached hydrogen (secondary N) is 1. The molecule has 1 aliphatic heterocycles. The number of carbonyl (C=O) groups excluding carboxylic acids is 2. The highest BCUT2D eigenvalue weighted by Crippen LogP contribution is 2.28. The second kappa shape index (κ2) is 8.26. The van der Waals surface area contributed by atoms with E-state index >= 15 is 0 Å². The van der Waals surface area contributed by atoms with E-state index in [1.807, 2.05) is 23.1 Å². The van der Waals surface area contributed by atoms with Gasteiger partial charge in [0.25, 0.3) is 5.91 Å². The van der Waals surface area contributed by atoms with E-state index in [9.17, 15) is 9.59 Å². The Kier molecular flexibility index (Phi) is 5.81. The van der Waals surface area contributed by atoms with Crippen LogP contribution in [0.1, 0.15) is 33.3 Å². The van der Waals surface area contributed by atoms with Crippen molar-refractivity contribution < 1.29 is 19.1 Å². The Morgan fingerprint density at radius 1 is 1.04 bits per heavy atom. The third-order valence-electron chi connectivity index (χ3n) is 4.83. The van der Waals surface area contributed by atoms with E-state index in [0.717, 1.165) is 30.9 Å². The van der Waals surface area contributed by atoms with Crippen LogP contribution in [-0.2, 0) is 6.54 Å². The number of methoxy groups -OCH3 is 2. The second-order valence-corrected chi connectivity index (χ2v) is 6.62. The first kappa shape index (κ1) is 19.0. The maximum Gasteiger partial charge on any atom is 0.270 e. The molecule has 1 N–H and O–H groups in total. The number of amides is 1. The summed E-state index contributed by atoms with van der Waals surface area (Å²) in [7, 11) is 3.25. The summed E-state index contributed by atoms with van der Waals surface area (Å²) in [6, 6.07) is 7.55. The van der Waals surface area contributed by atoms with Gasteiger partial charge in [0, 0.05) is 44.5 Å². The number of benzene rings is 1. The second-order valence-electron chi connectivity index (χ2n) is 6.62. The molecular weight excluding hydrogens is 346 g/mol. The van der Waals surface area contributed by atoms with Gasteiger partial charge in [-0.25, -0.2) is 0 Å². The first-order chi connectivity index (χ1) is 13.0. The lowest BCUT2D eigenvalue weighted by Gasteiger charge is -2.34. The van der Waals surface area contributed by atoms with Crippen molar-refractivity contribution in [2.24, 2.45) is 0 Å². The van der Waals surface area contributed by atoms with Gasteiger partial charge in [0.05, 0.1) is 14.2 Å². The molecule has 0 aliphatic carbocycles. The topological polar surface area (TPSA) is 74.9 Å². The van der Waals surface area contributed by atoms with E-state index in [2.05, 4.69) is 9.88 Å². The predicted molar refractivity (Wildman–Crippen MR) is 102 cm³/mol. The molecule has 144 valence electrons. The van der Waals surface area contributed by atoms with Crippen molar-refractivity contribution in [2.45, 2.75) is 13.5 Å². The number of hydrogen-bond donors (Lipinski definition) is 1. The van der Waals surface area contributed by atoms with Gasteiger partial charge in [-0.1, -0.05) is 6.07 Å². The number of aromatic nitrogens is 1. The fraction of sp³-hybridized carbons (Fsp3) is 0.400. The zero-order chi connectivity index (χ0) is 19.4. The molecule has 1 aliphatic rings. The molecule has 27 heavy (non-hydrogen) atoms. The van der Waals surface area contributed by atoms with E-state index in [-0.39, 0.29) is 11.7 Å². The van der Waals surface area contributed by atoms with Crippen LogP contribution in [0.5, 0.6) is 11.5 Å². The van der Waals surface area contributed by atoms with Crippen LogP contribution in [0.15, 0.2) is 30.5 Å². The molecule has 2 aromatic rings. The van der Waals surface area contributed by atoms with Gasteiger partial charge < -0.3 is 19.4 Å². The average Bonchev–Trinajstić information content (AvgIpc) is 3.18. The summed E-state index contributed by atoms with van der Waals surface area (Å²) >= 11 is 0. The van der Waals surface area contributed by atoms with Crippen molar-refractivity contribution >= 4 is 11.7 Å². The summed E-state index contributed by atoms with van der Waals surface area (Å²) in [5.74, 6) is 1.32. The Hall–Kier alpha value is -2.80. The van der Waals surface area contributed by atoms with Crippen molar-refractivity contribution in [2.75, 3.05) is 40.4 Å². The maximum absolute atomic E-state index is 12.6. The van der Waals surface area contributed by atoms with Crippen LogP contribution >= 0.6 is 0 Å². The van der Waals surface area contributed by atoms with Crippen molar-refractivity contribution in [1.82, 2.24) is 14.8 Å². The Labute approximate surface area is 158 Å². The standard InChI is InChI=1S/C20H25N3O4/c1-14(24)16-11-17(21-12-16)20(25)23-8-6-22(7-9-23)13-15-4-5-18(26-2)19(10-15)27-3/h4-5,10-12,21H,6-9,13H2,1-3H3. The summed E-state index contributed by atoms with van der Waals surface area (Å²) < 4.78 is 10.6. The first-order valence-electron chi connectivity index (χ1n) is 8.93. The lowest BCUT2D eigenvalue weighted by molar-refractivity contribution is 0.0623. The number of nitrogens with zero attached hydrogens (tertiary/aromatic N) is 2. The summed E-state index contributed by atoms with van der Waals surface area (Å²) in [5.41, 5.74) is 2.14. The number of piperazine rings is 1. The van der Waals surface area contributed by atoms with E-state index in [4.69, 9.17) is 9.47 Å². The molecule has 1 aromatic heterocycles. The number of hydrogen-bond acceptors (Lipinski definition) is 5.